The van der Waals surface area contributed by atoms with Crippen LogP contribution in [0.4, 0.5) is 0 Å². The maximum absolute atomic E-state index is 12.5. The highest BCUT2D eigenvalue weighted by Gasteiger charge is 2.54. The number of allylic oxidation sites excluding steroid dienone is 2. The molecule has 0 aromatic carbocycles. The van der Waals surface area contributed by atoms with Crippen LogP contribution < -0.4 is 0 Å². The fraction of sp³-hybridized carbons (Fsp3) is 0.737. The molecule has 2 rings (SSSR count). The van der Waals surface area contributed by atoms with Crippen molar-refractivity contribution < 1.29 is 37.9 Å². The zero-order valence-corrected chi connectivity index (χ0v) is 17.3. The first-order chi connectivity index (χ1) is 13.1. The van der Waals surface area contributed by atoms with Crippen LogP contribution in [0.3, 0.4) is 0 Å². The summed E-state index contributed by atoms with van der Waals surface area (Å²) in [5.41, 5.74) is 1.08. The molecular formula is C19H29BO8. The van der Waals surface area contributed by atoms with E-state index in [4.69, 9.17) is 23.5 Å². The van der Waals surface area contributed by atoms with Crippen LogP contribution in [-0.2, 0) is 37.9 Å². The van der Waals surface area contributed by atoms with E-state index in [2.05, 4.69) is 0 Å². The second-order valence-corrected chi connectivity index (χ2v) is 7.71. The monoisotopic (exact) mass is 396 g/mol. The predicted octanol–water partition coefficient (Wildman–Crippen LogP) is 2.06. The third-order valence-corrected chi connectivity index (χ3v) is 4.61. The summed E-state index contributed by atoms with van der Waals surface area (Å²) < 4.78 is 26.9. The molecule has 0 amide bonds. The molecule has 0 spiro atoms. The van der Waals surface area contributed by atoms with Crippen LogP contribution in [0.2, 0.25) is 5.82 Å². The van der Waals surface area contributed by atoms with Crippen molar-refractivity contribution in [2.24, 2.45) is 5.92 Å². The minimum atomic E-state index is -1.26. The summed E-state index contributed by atoms with van der Waals surface area (Å²) in [5.74, 6) is -2.74. The van der Waals surface area contributed by atoms with Crippen LogP contribution in [0, 0.1) is 5.92 Å². The van der Waals surface area contributed by atoms with Gasteiger partial charge in [-0.25, -0.2) is 9.59 Å². The fourth-order valence-electron chi connectivity index (χ4n) is 3.40. The summed E-state index contributed by atoms with van der Waals surface area (Å²) in [7, 11) is 0.362. The summed E-state index contributed by atoms with van der Waals surface area (Å²) in [6, 6.07) is 0. The van der Waals surface area contributed by atoms with Gasteiger partial charge in [0.2, 0.25) is 0 Å². The molecule has 8 nitrogen and oxygen atoms in total. The Morgan fingerprint density at radius 2 is 1.50 bits per heavy atom. The van der Waals surface area contributed by atoms with E-state index in [0.717, 1.165) is 12.0 Å². The Morgan fingerprint density at radius 1 is 1.00 bits per heavy atom. The molecule has 4 atom stereocenters. The van der Waals surface area contributed by atoms with E-state index in [1.54, 1.807) is 27.7 Å². The number of hydrogen-bond acceptors (Lipinski definition) is 8. The number of rotatable bonds is 6. The molecular weight excluding hydrogens is 367 g/mol. The molecule has 0 bridgehead atoms. The van der Waals surface area contributed by atoms with E-state index >= 15 is 0 Å². The lowest BCUT2D eigenvalue weighted by molar-refractivity contribution is -0.167. The van der Waals surface area contributed by atoms with Gasteiger partial charge in [-0.15, -0.1) is 0 Å². The molecule has 0 unspecified atom stereocenters. The van der Waals surface area contributed by atoms with Crippen molar-refractivity contribution in [2.45, 2.75) is 77.7 Å². The SMILES string of the molecule is COC(=O)[C@@H]1CCC(C)=C[C@H]1B1O[C@@H](C(=O)OC(C)C)[C@H](C(=O)OC(C)C)O1. The second-order valence-electron chi connectivity index (χ2n) is 7.71. The first-order valence-corrected chi connectivity index (χ1v) is 9.61. The minimum Gasteiger partial charge on any atom is -0.469 e. The summed E-state index contributed by atoms with van der Waals surface area (Å²) in [6.07, 6.45) is -0.0593. The summed E-state index contributed by atoms with van der Waals surface area (Å²) in [4.78, 5) is 37.2. The van der Waals surface area contributed by atoms with E-state index in [9.17, 15) is 14.4 Å². The zero-order chi connectivity index (χ0) is 21.0. The number of ether oxygens (including phenoxy) is 3. The largest absolute Gasteiger partial charge is 0.469 e. The van der Waals surface area contributed by atoms with Gasteiger partial charge < -0.3 is 23.5 Å². The van der Waals surface area contributed by atoms with Crippen LogP contribution in [0.5, 0.6) is 0 Å². The van der Waals surface area contributed by atoms with Crippen LogP contribution >= 0.6 is 0 Å². The highest BCUT2D eigenvalue weighted by atomic mass is 16.7. The molecule has 0 aromatic rings. The van der Waals surface area contributed by atoms with E-state index in [0.29, 0.717) is 6.42 Å². The predicted molar refractivity (Wildman–Crippen MR) is 100 cm³/mol. The van der Waals surface area contributed by atoms with Gasteiger partial charge in [-0.1, -0.05) is 11.6 Å². The third-order valence-electron chi connectivity index (χ3n) is 4.61. The Balaban J connectivity index is 2.27. The first-order valence-electron chi connectivity index (χ1n) is 9.61. The normalized spacial score (nSPS) is 27.6. The number of esters is 3. The summed E-state index contributed by atoms with van der Waals surface area (Å²) in [5, 5.41) is 0. The van der Waals surface area contributed by atoms with Gasteiger partial charge in [-0.3, -0.25) is 4.79 Å². The van der Waals surface area contributed by atoms with Gasteiger partial charge in [-0.05, 0) is 47.5 Å². The van der Waals surface area contributed by atoms with Crippen molar-refractivity contribution in [3.8, 4) is 0 Å². The van der Waals surface area contributed by atoms with Crippen LogP contribution in [-0.4, -0.2) is 56.6 Å². The summed E-state index contributed by atoms with van der Waals surface area (Å²) >= 11 is 0. The average Bonchev–Trinajstić information content (AvgIpc) is 3.05. The van der Waals surface area contributed by atoms with Gasteiger partial charge >= 0.3 is 25.0 Å². The highest BCUT2D eigenvalue weighted by Crippen LogP contribution is 2.40. The van der Waals surface area contributed by atoms with Crippen LogP contribution in [0.25, 0.3) is 0 Å². The molecule has 1 fully saturated rings. The Kier molecular flexibility index (Phi) is 7.66. The van der Waals surface area contributed by atoms with E-state index in [-0.39, 0.29) is 18.2 Å². The lowest BCUT2D eigenvalue weighted by atomic mass is 9.61. The zero-order valence-electron chi connectivity index (χ0n) is 17.3. The molecule has 1 heterocycles. The van der Waals surface area contributed by atoms with Crippen molar-refractivity contribution in [3.05, 3.63) is 11.6 Å². The van der Waals surface area contributed by atoms with Gasteiger partial charge in [-0.2, -0.15) is 0 Å². The summed E-state index contributed by atoms with van der Waals surface area (Å²) in [6.45, 7) is 8.76. The van der Waals surface area contributed by atoms with Crippen molar-refractivity contribution in [1.82, 2.24) is 0 Å². The molecule has 1 aliphatic heterocycles. The molecule has 0 saturated carbocycles. The average molecular weight is 396 g/mol. The van der Waals surface area contributed by atoms with Crippen molar-refractivity contribution in [2.75, 3.05) is 7.11 Å². The molecule has 0 radical (unpaired) electrons. The maximum atomic E-state index is 12.5. The number of carbonyl (C=O) groups is 3. The maximum Gasteiger partial charge on any atom is 0.466 e. The lowest BCUT2D eigenvalue weighted by Gasteiger charge is -2.28. The lowest BCUT2D eigenvalue weighted by Crippen LogP contribution is -2.40. The van der Waals surface area contributed by atoms with Crippen molar-refractivity contribution in [1.29, 1.82) is 0 Å². The topological polar surface area (TPSA) is 97.4 Å². The van der Waals surface area contributed by atoms with Gasteiger partial charge in [0, 0.05) is 5.82 Å². The number of hydrogen-bond donors (Lipinski definition) is 0. The molecule has 9 heteroatoms. The minimum absolute atomic E-state index is 0.378. The number of carbonyl (C=O) groups excluding carboxylic acids is 3. The Hall–Kier alpha value is -1.87. The molecule has 156 valence electrons. The van der Waals surface area contributed by atoms with Gasteiger partial charge in [0.1, 0.15) is 0 Å². The Labute approximate surface area is 166 Å². The van der Waals surface area contributed by atoms with Gasteiger partial charge in [0.25, 0.3) is 0 Å². The highest BCUT2D eigenvalue weighted by molar-refractivity contribution is 6.49. The van der Waals surface area contributed by atoms with Crippen LogP contribution in [0.1, 0.15) is 47.5 Å². The van der Waals surface area contributed by atoms with Crippen molar-refractivity contribution >= 4 is 25.0 Å². The standard InChI is InChI=1S/C19H29BO8/c1-10(2)25-18(22)15-16(19(23)26-11(3)4)28-20(27-15)14-9-12(5)7-8-13(14)17(21)24-6/h9-11,13-16H,7-8H2,1-6H3/t13-,14-,15-,16-/m1/s1. The molecule has 1 saturated heterocycles. The Bertz CT molecular complexity index is 599. The first kappa shape index (κ1) is 22.4. The fourth-order valence-corrected chi connectivity index (χ4v) is 3.40. The molecule has 0 aromatic heterocycles. The quantitative estimate of drug-likeness (QED) is 0.291. The van der Waals surface area contributed by atoms with E-state index in [1.165, 1.54) is 7.11 Å². The van der Waals surface area contributed by atoms with Gasteiger partial charge in [0.15, 0.2) is 12.2 Å². The third kappa shape index (κ3) is 5.35. The van der Waals surface area contributed by atoms with Gasteiger partial charge in [0.05, 0.1) is 25.2 Å². The molecule has 0 N–H and O–H groups in total. The van der Waals surface area contributed by atoms with E-state index < -0.39 is 43.0 Å². The molecule has 1 aliphatic carbocycles. The van der Waals surface area contributed by atoms with E-state index in [1.807, 2.05) is 13.0 Å². The molecule has 28 heavy (non-hydrogen) atoms. The van der Waals surface area contributed by atoms with Crippen LogP contribution in [0.15, 0.2) is 11.6 Å². The smallest absolute Gasteiger partial charge is 0.466 e. The Morgan fingerprint density at radius 3 is 1.93 bits per heavy atom. The molecule has 2 aliphatic rings. The van der Waals surface area contributed by atoms with Crippen molar-refractivity contribution in [3.63, 3.8) is 0 Å². The number of methoxy groups -OCH3 is 1. The second kappa shape index (κ2) is 9.56.